The molecule has 0 unspecified atom stereocenters. The molecule has 0 spiro atoms. The molecule has 2 aromatic rings. The molecule has 8 heteroatoms. The van der Waals surface area contributed by atoms with Crippen LogP contribution in [-0.4, -0.2) is 26.8 Å². The number of halogens is 1. The van der Waals surface area contributed by atoms with E-state index >= 15 is 0 Å². The third-order valence-electron chi connectivity index (χ3n) is 3.70. The summed E-state index contributed by atoms with van der Waals surface area (Å²) in [6, 6.07) is 3.32. The molecule has 0 bridgehead atoms. The number of carbonyl (C=O) groups is 1. The molecule has 0 aliphatic heterocycles. The largest absolute Gasteiger partial charge is 0.416 e. The predicted molar refractivity (Wildman–Crippen MR) is 88.7 cm³/mol. The van der Waals surface area contributed by atoms with Crippen molar-refractivity contribution in [2.75, 3.05) is 11.1 Å². The fourth-order valence-corrected chi connectivity index (χ4v) is 3.23. The Kier molecular flexibility index (Phi) is 5.51. The van der Waals surface area contributed by atoms with Crippen LogP contribution in [0, 0.1) is 0 Å². The van der Waals surface area contributed by atoms with Gasteiger partial charge in [0.15, 0.2) is 0 Å². The molecule has 2 aromatic heterocycles. The summed E-state index contributed by atoms with van der Waals surface area (Å²) in [4.78, 5) is 15.9. The van der Waals surface area contributed by atoms with Gasteiger partial charge in [0.05, 0.1) is 10.8 Å². The van der Waals surface area contributed by atoms with Gasteiger partial charge in [0.25, 0.3) is 5.22 Å². The van der Waals surface area contributed by atoms with Crippen molar-refractivity contribution in [2.24, 2.45) is 0 Å². The van der Waals surface area contributed by atoms with Gasteiger partial charge in [0, 0.05) is 12.1 Å². The average molecular weight is 353 g/mol. The summed E-state index contributed by atoms with van der Waals surface area (Å²) in [5, 5.41) is 11.8. The van der Waals surface area contributed by atoms with Gasteiger partial charge in [0.1, 0.15) is 5.82 Å². The van der Waals surface area contributed by atoms with E-state index in [9.17, 15) is 4.79 Å². The molecule has 1 saturated carbocycles. The molecule has 2 heterocycles. The number of thioether (sulfide) groups is 1. The lowest BCUT2D eigenvalue weighted by Gasteiger charge is -2.17. The van der Waals surface area contributed by atoms with Crippen LogP contribution >= 0.6 is 23.4 Å². The summed E-state index contributed by atoms with van der Waals surface area (Å²) >= 11 is 6.98. The van der Waals surface area contributed by atoms with E-state index in [-0.39, 0.29) is 11.7 Å². The van der Waals surface area contributed by atoms with Gasteiger partial charge in [-0.1, -0.05) is 42.6 Å². The summed E-state index contributed by atoms with van der Waals surface area (Å²) < 4.78 is 5.67. The number of anilines is 1. The molecule has 6 nitrogen and oxygen atoms in total. The van der Waals surface area contributed by atoms with Crippen LogP contribution in [0.25, 0.3) is 0 Å². The minimum absolute atomic E-state index is 0.178. The fraction of sp³-hybridized carbons (Fsp3) is 0.467. The van der Waals surface area contributed by atoms with Crippen molar-refractivity contribution in [1.82, 2.24) is 15.2 Å². The second-order valence-corrected chi connectivity index (χ2v) is 6.80. The number of rotatable bonds is 5. The second kappa shape index (κ2) is 7.79. The molecule has 0 saturated heterocycles. The summed E-state index contributed by atoms with van der Waals surface area (Å²) in [5.74, 6) is 1.55. The smallest absolute Gasteiger partial charge is 0.277 e. The van der Waals surface area contributed by atoms with Gasteiger partial charge >= 0.3 is 0 Å². The number of nitrogens with zero attached hydrogens (tertiary/aromatic N) is 3. The van der Waals surface area contributed by atoms with Crippen molar-refractivity contribution in [2.45, 2.75) is 43.2 Å². The summed E-state index contributed by atoms with van der Waals surface area (Å²) in [7, 11) is 0. The van der Waals surface area contributed by atoms with Crippen LogP contribution in [0.2, 0.25) is 5.02 Å². The number of aromatic nitrogens is 3. The molecular formula is C15H17ClN4O2S. The van der Waals surface area contributed by atoms with E-state index in [1.54, 1.807) is 12.1 Å². The van der Waals surface area contributed by atoms with Crippen LogP contribution in [0.1, 0.15) is 43.9 Å². The maximum absolute atomic E-state index is 11.9. The van der Waals surface area contributed by atoms with Gasteiger partial charge in [-0.3, -0.25) is 4.79 Å². The number of carbonyl (C=O) groups excluding carboxylic acids is 1. The SMILES string of the molecule is O=C(CSc1nnc(C2CCCCC2)o1)Nc1ccc(Cl)cn1. The molecule has 1 aliphatic carbocycles. The molecule has 1 aliphatic rings. The minimum Gasteiger partial charge on any atom is -0.416 e. The first-order valence-corrected chi connectivity index (χ1v) is 8.94. The standard InChI is InChI=1S/C15H17ClN4O2S/c16-11-6-7-12(17-8-11)18-13(21)9-23-15-20-19-14(22-15)10-4-2-1-3-5-10/h6-8,10H,1-5,9H2,(H,17,18,21). The van der Waals surface area contributed by atoms with Gasteiger partial charge in [-0.2, -0.15) is 0 Å². The first-order chi connectivity index (χ1) is 11.2. The van der Waals surface area contributed by atoms with Crippen molar-refractivity contribution in [1.29, 1.82) is 0 Å². The van der Waals surface area contributed by atoms with E-state index in [4.69, 9.17) is 16.0 Å². The second-order valence-electron chi connectivity index (χ2n) is 5.44. The lowest BCUT2D eigenvalue weighted by Crippen LogP contribution is -2.14. The Hall–Kier alpha value is -1.60. The predicted octanol–water partition coefficient (Wildman–Crippen LogP) is 3.90. The summed E-state index contributed by atoms with van der Waals surface area (Å²) in [6.07, 6.45) is 7.41. The first-order valence-electron chi connectivity index (χ1n) is 7.58. The minimum atomic E-state index is -0.178. The molecule has 0 atom stereocenters. The quantitative estimate of drug-likeness (QED) is 0.822. The third kappa shape index (κ3) is 4.68. The Morgan fingerprint density at radius 1 is 1.30 bits per heavy atom. The van der Waals surface area contributed by atoms with Crippen molar-refractivity contribution in [3.63, 3.8) is 0 Å². The van der Waals surface area contributed by atoms with Crippen molar-refractivity contribution < 1.29 is 9.21 Å². The maximum Gasteiger partial charge on any atom is 0.277 e. The highest BCUT2D eigenvalue weighted by Gasteiger charge is 2.21. The number of nitrogens with one attached hydrogen (secondary N) is 1. The zero-order chi connectivity index (χ0) is 16.1. The Morgan fingerprint density at radius 2 is 2.13 bits per heavy atom. The monoisotopic (exact) mass is 352 g/mol. The topological polar surface area (TPSA) is 80.9 Å². The molecule has 0 aromatic carbocycles. The Morgan fingerprint density at radius 3 is 2.87 bits per heavy atom. The van der Waals surface area contributed by atoms with E-state index in [1.807, 2.05) is 0 Å². The van der Waals surface area contributed by atoms with Crippen molar-refractivity contribution in [3.8, 4) is 0 Å². The lowest BCUT2D eigenvalue weighted by molar-refractivity contribution is -0.113. The van der Waals surface area contributed by atoms with Crippen LogP contribution in [0.4, 0.5) is 5.82 Å². The van der Waals surface area contributed by atoms with E-state index in [1.165, 1.54) is 37.2 Å². The Bertz CT molecular complexity index is 656. The zero-order valence-electron chi connectivity index (χ0n) is 12.5. The Labute approximate surface area is 143 Å². The van der Waals surface area contributed by atoms with Gasteiger partial charge in [-0.15, -0.1) is 10.2 Å². The Balaban J connectivity index is 1.49. The average Bonchev–Trinajstić information content (AvgIpc) is 3.05. The van der Waals surface area contributed by atoms with E-state index in [0.717, 1.165) is 12.8 Å². The summed E-state index contributed by atoms with van der Waals surface area (Å²) in [5.41, 5.74) is 0. The van der Waals surface area contributed by atoms with Crippen LogP contribution in [0.15, 0.2) is 28.0 Å². The third-order valence-corrected chi connectivity index (χ3v) is 4.74. The molecule has 0 radical (unpaired) electrons. The highest BCUT2D eigenvalue weighted by molar-refractivity contribution is 7.99. The first kappa shape index (κ1) is 16.3. The highest BCUT2D eigenvalue weighted by atomic mass is 35.5. The van der Waals surface area contributed by atoms with E-state index in [0.29, 0.717) is 27.9 Å². The number of amides is 1. The van der Waals surface area contributed by atoms with E-state index in [2.05, 4.69) is 20.5 Å². The molecule has 1 amide bonds. The number of hydrogen-bond acceptors (Lipinski definition) is 6. The molecule has 23 heavy (non-hydrogen) atoms. The molecule has 1 fully saturated rings. The van der Waals surface area contributed by atoms with Crippen LogP contribution in [0.5, 0.6) is 0 Å². The molecular weight excluding hydrogens is 336 g/mol. The van der Waals surface area contributed by atoms with Crippen LogP contribution < -0.4 is 5.32 Å². The van der Waals surface area contributed by atoms with Crippen molar-refractivity contribution in [3.05, 3.63) is 29.2 Å². The lowest BCUT2D eigenvalue weighted by atomic mass is 9.89. The van der Waals surface area contributed by atoms with E-state index < -0.39 is 0 Å². The van der Waals surface area contributed by atoms with Crippen LogP contribution in [0.3, 0.4) is 0 Å². The number of hydrogen-bond donors (Lipinski definition) is 1. The highest BCUT2D eigenvalue weighted by Crippen LogP contribution is 2.32. The molecule has 1 N–H and O–H groups in total. The zero-order valence-corrected chi connectivity index (χ0v) is 14.1. The number of pyridine rings is 1. The van der Waals surface area contributed by atoms with Gasteiger partial charge < -0.3 is 9.73 Å². The fourth-order valence-electron chi connectivity index (χ4n) is 2.55. The maximum atomic E-state index is 11.9. The normalized spacial score (nSPS) is 15.5. The van der Waals surface area contributed by atoms with Gasteiger partial charge in [-0.25, -0.2) is 4.98 Å². The van der Waals surface area contributed by atoms with Crippen LogP contribution in [-0.2, 0) is 4.79 Å². The molecule has 3 rings (SSSR count). The van der Waals surface area contributed by atoms with Gasteiger partial charge in [0.2, 0.25) is 11.8 Å². The summed E-state index contributed by atoms with van der Waals surface area (Å²) in [6.45, 7) is 0. The van der Waals surface area contributed by atoms with Gasteiger partial charge in [-0.05, 0) is 25.0 Å². The van der Waals surface area contributed by atoms with Crippen molar-refractivity contribution >= 4 is 35.1 Å². The molecule has 122 valence electrons.